The Morgan fingerprint density at radius 3 is 0.648 bits per heavy atom. The Bertz CT molecular complexity index is 7580. The van der Waals surface area contributed by atoms with Gasteiger partial charge in [-0.05, 0) is 262 Å². The molecule has 0 unspecified atom stereocenters. The van der Waals surface area contributed by atoms with E-state index in [1.165, 1.54) is 220 Å². The molecule has 23 rings (SSSR count). The van der Waals surface area contributed by atoms with Crippen LogP contribution in [0.15, 0.2) is 497 Å². The molecule has 0 aliphatic carbocycles. The molecular formula is C122H82. The Balaban J connectivity index is 0.000000113. The van der Waals surface area contributed by atoms with Crippen LogP contribution in [0, 0.1) is 0 Å². The third kappa shape index (κ3) is 14.2. The molecule has 0 saturated carbocycles. The summed E-state index contributed by atoms with van der Waals surface area (Å²) >= 11 is 0. The molecule has 0 aromatic heterocycles. The lowest BCUT2D eigenvalue weighted by molar-refractivity contribution is 1.58. The first-order valence-electron chi connectivity index (χ1n) is 42.2. The first kappa shape index (κ1) is 73.7. The van der Waals surface area contributed by atoms with Crippen LogP contribution >= 0.6 is 0 Å². The minimum absolute atomic E-state index is 1.22. The summed E-state index contributed by atoms with van der Waals surface area (Å²) < 4.78 is 0. The van der Waals surface area contributed by atoms with E-state index in [-0.39, 0.29) is 0 Å². The summed E-state index contributed by atoms with van der Waals surface area (Å²) in [6.07, 6.45) is 0. The molecule has 0 aliphatic rings. The SMILES string of the molecule is c1ccc(-c2cc(-c3ccccc3)cc(-c3c4ccccc4c(-c4ccc5ccccc5c4)c4ccccc34)c2)cc1.c1ccc(-c2ccc(-c3c4ccccc4c(-c4ccc5ccccc5c4)c4ccccc34)cc2-c2ccccc2)cc1.c1ccc(-c2ccc(-c3c4ccccc4c(-c4cccc(-c5ccccc5)c4)c4ccccc34)cc2)cc1. The molecule has 0 spiro atoms. The lowest BCUT2D eigenvalue weighted by Crippen LogP contribution is -1.92. The summed E-state index contributed by atoms with van der Waals surface area (Å²) in [7, 11) is 0. The van der Waals surface area contributed by atoms with Crippen LogP contribution in [0.25, 0.3) is 220 Å². The van der Waals surface area contributed by atoms with Crippen molar-refractivity contribution in [3.05, 3.63) is 497 Å². The van der Waals surface area contributed by atoms with Crippen LogP contribution in [-0.2, 0) is 0 Å². The van der Waals surface area contributed by atoms with Crippen LogP contribution in [0.5, 0.6) is 0 Å². The Morgan fingerprint density at radius 2 is 0.287 bits per heavy atom. The van der Waals surface area contributed by atoms with Crippen molar-refractivity contribution < 1.29 is 0 Å². The van der Waals surface area contributed by atoms with Gasteiger partial charge in [-0.15, -0.1) is 0 Å². The lowest BCUT2D eigenvalue weighted by Gasteiger charge is -2.19. The molecule has 23 aromatic carbocycles. The fourth-order valence-electron chi connectivity index (χ4n) is 18.7. The minimum Gasteiger partial charge on any atom is -0.0622 e. The Morgan fingerprint density at radius 1 is 0.0820 bits per heavy atom. The highest BCUT2D eigenvalue weighted by atomic mass is 14.3. The number of hydrogen-bond acceptors (Lipinski definition) is 0. The molecule has 122 heavy (non-hydrogen) atoms. The van der Waals surface area contributed by atoms with Crippen molar-refractivity contribution in [2.45, 2.75) is 0 Å². The van der Waals surface area contributed by atoms with E-state index in [2.05, 4.69) is 497 Å². The fourth-order valence-corrected chi connectivity index (χ4v) is 18.7. The molecule has 23 aromatic rings. The average molecular weight is 1550 g/mol. The molecule has 0 atom stereocenters. The van der Waals surface area contributed by atoms with Gasteiger partial charge in [-0.25, -0.2) is 0 Å². The van der Waals surface area contributed by atoms with E-state index in [1.807, 2.05) is 0 Å². The lowest BCUT2D eigenvalue weighted by atomic mass is 9.84. The largest absolute Gasteiger partial charge is 0.0622 e. The summed E-state index contributed by atoms with van der Waals surface area (Å²) in [4.78, 5) is 0. The van der Waals surface area contributed by atoms with Crippen molar-refractivity contribution in [2.24, 2.45) is 0 Å². The minimum atomic E-state index is 1.22. The van der Waals surface area contributed by atoms with E-state index in [4.69, 9.17) is 0 Å². The summed E-state index contributed by atoms with van der Waals surface area (Å²) in [5, 5.41) is 20.3. The number of benzene rings is 23. The summed E-state index contributed by atoms with van der Waals surface area (Å²) in [6, 6.07) is 180. The molecule has 570 valence electrons. The zero-order chi connectivity index (χ0) is 81.1. The molecular weight excluding hydrogens is 1470 g/mol. The highest BCUT2D eigenvalue weighted by molar-refractivity contribution is 6.25. The number of hydrogen-bond donors (Lipinski definition) is 0. The predicted octanol–water partition coefficient (Wildman–Crippen LogP) is 34.3. The summed E-state index contributed by atoms with van der Waals surface area (Å²) in [5.41, 5.74) is 29.9. The average Bonchev–Trinajstić information content (AvgIpc) is 0.739. The van der Waals surface area contributed by atoms with Gasteiger partial charge in [0.05, 0.1) is 0 Å². The maximum absolute atomic E-state index is 2.39. The maximum Gasteiger partial charge on any atom is -0.00259 e. The smallest absolute Gasteiger partial charge is 0.00259 e. The molecule has 0 heteroatoms. The second-order valence-electron chi connectivity index (χ2n) is 31.6. The highest BCUT2D eigenvalue weighted by Crippen LogP contribution is 2.50. The van der Waals surface area contributed by atoms with Gasteiger partial charge in [-0.2, -0.15) is 0 Å². The molecule has 0 aliphatic heterocycles. The third-order valence-electron chi connectivity index (χ3n) is 24.3. The second kappa shape index (κ2) is 32.9. The number of fused-ring (bicyclic) bond motifs is 8. The van der Waals surface area contributed by atoms with Crippen molar-refractivity contribution >= 4 is 86.2 Å². The molecule has 0 amide bonds. The van der Waals surface area contributed by atoms with Crippen LogP contribution in [0.4, 0.5) is 0 Å². The molecule has 0 nitrogen and oxygen atoms in total. The summed E-state index contributed by atoms with van der Waals surface area (Å²) in [5.74, 6) is 0. The molecule has 0 N–H and O–H groups in total. The van der Waals surface area contributed by atoms with Gasteiger partial charge < -0.3 is 0 Å². The molecule has 0 saturated heterocycles. The van der Waals surface area contributed by atoms with Crippen molar-refractivity contribution in [3.63, 3.8) is 0 Å². The van der Waals surface area contributed by atoms with Crippen molar-refractivity contribution in [1.29, 1.82) is 0 Å². The van der Waals surface area contributed by atoms with Gasteiger partial charge in [-0.1, -0.05) is 455 Å². The van der Waals surface area contributed by atoms with Gasteiger partial charge >= 0.3 is 0 Å². The zero-order valence-electron chi connectivity index (χ0n) is 67.3. The van der Waals surface area contributed by atoms with Crippen molar-refractivity contribution in [3.8, 4) is 134 Å². The molecule has 0 fully saturated rings. The zero-order valence-corrected chi connectivity index (χ0v) is 67.3. The van der Waals surface area contributed by atoms with Gasteiger partial charge in [0.25, 0.3) is 0 Å². The molecule has 0 bridgehead atoms. The van der Waals surface area contributed by atoms with E-state index in [0.29, 0.717) is 0 Å². The monoisotopic (exact) mass is 1550 g/mol. The van der Waals surface area contributed by atoms with Gasteiger partial charge in [-0.3, -0.25) is 0 Å². The standard InChI is InChI=1S/2C42H28.C38H26/c1-3-14-30(15-4-1)35-26-25-34(28-40(35)31-16-5-2-6-17-31)42-38-21-11-9-19-36(38)41(37-20-10-12-22-39(37)42)33-24-23-29-13-7-8-18-32(29)27-33;1-3-13-29(14-4-1)34-26-35(30-15-5-2-6-16-30)28-36(27-34)42-39-21-11-9-19-37(39)41(38-20-10-12-22-40(38)42)33-24-23-31-17-7-8-18-32(31)25-33;1-3-12-27(13-4-1)29-22-24-30(25-23-29)37-33-18-7-9-20-35(33)38(36-21-10-8-19-34(36)37)32-17-11-16-31(26-32)28-14-5-2-6-15-28/h2*1-28H;1-26H. The highest BCUT2D eigenvalue weighted by Gasteiger charge is 2.23. The quantitative estimate of drug-likeness (QED) is 0.107. The van der Waals surface area contributed by atoms with Gasteiger partial charge in [0, 0.05) is 0 Å². The van der Waals surface area contributed by atoms with Gasteiger partial charge in [0.1, 0.15) is 0 Å². The van der Waals surface area contributed by atoms with Crippen LogP contribution < -0.4 is 0 Å². The molecule has 0 heterocycles. The topological polar surface area (TPSA) is 0 Å². The van der Waals surface area contributed by atoms with E-state index < -0.39 is 0 Å². The van der Waals surface area contributed by atoms with E-state index >= 15 is 0 Å². The normalized spacial score (nSPS) is 11.3. The van der Waals surface area contributed by atoms with Crippen molar-refractivity contribution in [1.82, 2.24) is 0 Å². The van der Waals surface area contributed by atoms with Crippen LogP contribution in [0.3, 0.4) is 0 Å². The maximum atomic E-state index is 2.39. The van der Waals surface area contributed by atoms with E-state index in [0.717, 1.165) is 0 Å². The first-order valence-corrected chi connectivity index (χ1v) is 42.2. The van der Waals surface area contributed by atoms with E-state index in [9.17, 15) is 0 Å². The fraction of sp³-hybridized carbons (Fsp3) is 0. The third-order valence-corrected chi connectivity index (χ3v) is 24.3. The Hall–Kier alpha value is -15.9. The Labute approximate surface area is 712 Å². The molecule has 0 radical (unpaired) electrons. The predicted molar refractivity (Wildman–Crippen MR) is 525 cm³/mol. The second-order valence-corrected chi connectivity index (χ2v) is 31.6. The summed E-state index contributed by atoms with van der Waals surface area (Å²) in [6.45, 7) is 0. The number of rotatable bonds is 12. The van der Waals surface area contributed by atoms with E-state index in [1.54, 1.807) is 0 Å². The Kier molecular flexibility index (Phi) is 19.9. The van der Waals surface area contributed by atoms with Crippen LogP contribution in [-0.4, -0.2) is 0 Å². The first-order chi connectivity index (χ1) is 60.5. The van der Waals surface area contributed by atoms with Gasteiger partial charge in [0.15, 0.2) is 0 Å². The van der Waals surface area contributed by atoms with Gasteiger partial charge in [0.2, 0.25) is 0 Å². The van der Waals surface area contributed by atoms with Crippen LogP contribution in [0.2, 0.25) is 0 Å². The van der Waals surface area contributed by atoms with Crippen molar-refractivity contribution in [2.75, 3.05) is 0 Å². The van der Waals surface area contributed by atoms with Crippen LogP contribution in [0.1, 0.15) is 0 Å².